The summed E-state index contributed by atoms with van der Waals surface area (Å²) in [6.45, 7) is 3.06. The van der Waals surface area contributed by atoms with Crippen LogP contribution in [0.15, 0.2) is 24.3 Å². The van der Waals surface area contributed by atoms with Crippen LogP contribution in [0.1, 0.15) is 41.9 Å². The molecule has 8 heteroatoms. The maximum Gasteiger partial charge on any atom is 0.251 e. The molecule has 158 valence electrons. The number of nitrogens with zero attached hydrogens (tertiary/aromatic N) is 4. The lowest BCUT2D eigenvalue weighted by Crippen LogP contribution is -2.38. The third kappa shape index (κ3) is 4.18. The van der Waals surface area contributed by atoms with Gasteiger partial charge in [-0.15, -0.1) is 0 Å². The van der Waals surface area contributed by atoms with Crippen molar-refractivity contribution < 1.29 is 18.7 Å². The van der Waals surface area contributed by atoms with Gasteiger partial charge in [0.05, 0.1) is 13.1 Å². The number of hydrogen-bond acceptors (Lipinski definition) is 5. The molecule has 1 atom stereocenters. The van der Waals surface area contributed by atoms with Gasteiger partial charge in [-0.05, 0) is 43.9 Å². The number of rotatable bonds is 5. The lowest BCUT2D eigenvalue weighted by atomic mass is 10.0. The van der Waals surface area contributed by atoms with Crippen molar-refractivity contribution in [1.29, 1.82) is 0 Å². The number of aryl methyl sites for hydroxylation is 1. The summed E-state index contributed by atoms with van der Waals surface area (Å²) in [5.74, 6) is 0.642. The number of halogens is 1. The van der Waals surface area contributed by atoms with Crippen LogP contribution >= 0.6 is 0 Å². The Labute approximate surface area is 174 Å². The number of amides is 2. The Balaban J connectivity index is 1.58. The predicted molar refractivity (Wildman–Crippen MR) is 108 cm³/mol. The number of carbonyl (C=O) groups excluding carboxylic acids is 2. The van der Waals surface area contributed by atoms with E-state index < -0.39 is 6.10 Å². The molecular formula is C22H25FN4O3. The lowest BCUT2D eigenvalue weighted by Gasteiger charge is -2.30. The van der Waals surface area contributed by atoms with Gasteiger partial charge in [0.2, 0.25) is 5.91 Å². The zero-order chi connectivity index (χ0) is 21.3. The number of benzene rings is 1. The van der Waals surface area contributed by atoms with E-state index in [1.807, 2.05) is 6.92 Å². The van der Waals surface area contributed by atoms with Gasteiger partial charge in [-0.2, -0.15) is 0 Å². The molecule has 0 spiro atoms. The number of fused-ring (bicyclic) bond motifs is 1. The van der Waals surface area contributed by atoms with Crippen LogP contribution in [-0.4, -0.2) is 46.4 Å². The van der Waals surface area contributed by atoms with Gasteiger partial charge in [-0.25, -0.2) is 14.4 Å². The number of likely N-dealkylation sites (N-methyl/N-ethyl adjacent to an activating group) is 1. The van der Waals surface area contributed by atoms with Crippen LogP contribution in [-0.2, 0) is 33.8 Å². The molecule has 1 aromatic carbocycles. The maximum absolute atomic E-state index is 13.2. The molecule has 1 unspecified atom stereocenters. The normalized spacial score (nSPS) is 18.4. The molecule has 30 heavy (non-hydrogen) atoms. The van der Waals surface area contributed by atoms with Gasteiger partial charge in [-0.3, -0.25) is 14.5 Å². The highest BCUT2D eigenvalue weighted by Crippen LogP contribution is 2.29. The molecule has 2 aliphatic heterocycles. The predicted octanol–water partition coefficient (Wildman–Crippen LogP) is 2.54. The summed E-state index contributed by atoms with van der Waals surface area (Å²) in [6.07, 6.45) is 2.19. The molecule has 0 bridgehead atoms. The summed E-state index contributed by atoms with van der Waals surface area (Å²) in [7, 11) is 1.71. The molecule has 2 aliphatic rings. The smallest absolute Gasteiger partial charge is 0.251 e. The third-order valence-electron chi connectivity index (χ3n) is 5.60. The Kier molecular flexibility index (Phi) is 5.76. The minimum atomic E-state index is -0.398. The van der Waals surface area contributed by atoms with Crippen LogP contribution in [0.4, 0.5) is 10.2 Å². The molecule has 3 heterocycles. The van der Waals surface area contributed by atoms with E-state index in [1.54, 1.807) is 29.0 Å². The van der Waals surface area contributed by atoms with Crippen LogP contribution in [0.5, 0.6) is 0 Å². The first-order valence-corrected chi connectivity index (χ1v) is 10.2. The Morgan fingerprint density at radius 3 is 2.73 bits per heavy atom. The molecule has 0 saturated carbocycles. The second-order valence-electron chi connectivity index (χ2n) is 7.83. The quantitative estimate of drug-likeness (QED) is 0.755. The second-order valence-corrected chi connectivity index (χ2v) is 7.83. The van der Waals surface area contributed by atoms with E-state index in [1.165, 1.54) is 12.1 Å². The van der Waals surface area contributed by atoms with Crippen molar-refractivity contribution in [2.24, 2.45) is 0 Å². The highest BCUT2D eigenvalue weighted by Gasteiger charge is 2.30. The highest BCUT2D eigenvalue weighted by molar-refractivity contribution is 5.95. The first-order valence-electron chi connectivity index (χ1n) is 10.2. The molecule has 2 amide bonds. The summed E-state index contributed by atoms with van der Waals surface area (Å²) in [5.41, 5.74) is 2.57. The molecule has 7 nitrogen and oxygen atoms in total. The van der Waals surface area contributed by atoms with E-state index in [-0.39, 0.29) is 24.2 Å². The van der Waals surface area contributed by atoms with Gasteiger partial charge in [0.25, 0.3) is 5.91 Å². The van der Waals surface area contributed by atoms with Crippen LogP contribution < -0.4 is 4.90 Å². The average molecular weight is 412 g/mol. The van der Waals surface area contributed by atoms with Crippen LogP contribution in [0.2, 0.25) is 0 Å². The number of carbonyl (C=O) groups is 2. The number of anilines is 1. The zero-order valence-corrected chi connectivity index (χ0v) is 17.2. The Morgan fingerprint density at radius 2 is 2.03 bits per heavy atom. The van der Waals surface area contributed by atoms with E-state index in [0.717, 1.165) is 29.7 Å². The Morgan fingerprint density at radius 1 is 1.27 bits per heavy atom. The summed E-state index contributed by atoms with van der Waals surface area (Å²) in [5, 5.41) is 0. The van der Waals surface area contributed by atoms with Gasteiger partial charge in [0.1, 0.15) is 23.6 Å². The molecule has 1 aromatic heterocycles. The van der Waals surface area contributed by atoms with Gasteiger partial charge < -0.3 is 9.64 Å². The SMILES string of the molecule is Cc1nc(CN(C)C(=O)C2CCCO2)nc2c1CCC(=O)N2Cc1ccc(F)cc1. The molecule has 0 N–H and O–H groups in total. The van der Waals surface area contributed by atoms with Crippen LogP contribution in [0.3, 0.4) is 0 Å². The van der Waals surface area contributed by atoms with Gasteiger partial charge in [0, 0.05) is 31.3 Å². The molecular weight excluding hydrogens is 387 g/mol. The van der Waals surface area contributed by atoms with Crippen LogP contribution in [0.25, 0.3) is 0 Å². The Hall–Kier alpha value is -2.87. The topological polar surface area (TPSA) is 75.6 Å². The maximum atomic E-state index is 13.2. The van der Waals surface area contributed by atoms with Crippen molar-refractivity contribution in [3.63, 3.8) is 0 Å². The second kappa shape index (κ2) is 8.47. The van der Waals surface area contributed by atoms with Crippen molar-refractivity contribution in [3.05, 3.63) is 52.7 Å². The molecule has 2 aromatic rings. The fourth-order valence-corrected chi connectivity index (χ4v) is 3.95. The third-order valence-corrected chi connectivity index (χ3v) is 5.60. The van der Waals surface area contributed by atoms with Crippen molar-refractivity contribution in [3.8, 4) is 0 Å². The highest BCUT2D eigenvalue weighted by atomic mass is 19.1. The first kappa shape index (κ1) is 20.4. The first-order chi connectivity index (χ1) is 14.4. The fourth-order valence-electron chi connectivity index (χ4n) is 3.95. The molecule has 4 rings (SSSR count). The fraction of sp³-hybridized carbons (Fsp3) is 0.455. The summed E-state index contributed by atoms with van der Waals surface area (Å²) < 4.78 is 18.7. The van der Waals surface area contributed by atoms with E-state index >= 15 is 0 Å². The largest absolute Gasteiger partial charge is 0.368 e. The summed E-state index contributed by atoms with van der Waals surface area (Å²) in [4.78, 5) is 37.7. The minimum absolute atomic E-state index is 0.0281. The summed E-state index contributed by atoms with van der Waals surface area (Å²) >= 11 is 0. The zero-order valence-electron chi connectivity index (χ0n) is 17.2. The van der Waals surface area contributed by atoms with E-state index in [2.05, 4.69) is 9.97 Å². The van der Waals surface area contributed by atoms with E-state index in [4.69, 9.17) is 4.74 Å². The van der Waals surface area contributed by atoms with Gasteiger partial charge in [0.15, 0.2) is 0 Å². The molecule has 0 aliphatic carbocycles. The monoisotopic (exact) mass is 412 g/mol. The molecule has 1 fully saturated rings. The lowest BCUT2D eigenvalue weighted by molar-refractivity contribution is -0.140. The van der Waals surface area contributed by atoms with Crippen LogP contribution in [0, 0.1) is 12.7 Å². The van der Waals surface area contributed by atoms with Gasteiger partial charge >= 0.3 is 0 Å². The van der Waals surface area contributed by atoms with Crippen molar-refractivity contribution in [1.82, 2.24) is 14.9 Å². The molecule has 0 radical (unpaired) electrons. The standard InChI is InChI=1S/C22H25FN4O3/c1-14-17-9-10-20(28)27(12-15-5-7-16(23)8-6-15)21(17)25-19(24-14)13-26(2)22(29)18-4-3-11-30-18/h5-8,18H,3-4,9-13H2,1-2H3. The summed E-state index contributed by atoms with van der Waals surface area (Å²) in [6, 6.07) is 6.10. The minimum Gasteiger partial charge on any atom is -0.368 e. The number of aromatic nitrogens is 2. The Bertz CT molecular complexity index is 958. The van der Waals surface area contributed by atoms with Gasteiger partial charge in [-0.1, -0.05) is 12.1 Å². The number of hydrogen-bond donors (Lipinski definition) is 0. The average Bonchev–Trinajstić information content (AvgIpc) is 3.26. The van der Waals surface area contributed by atoms with E-state index in [0.29, 0.717) is 37.6 Å². The molecule has 1 saturated heterocycles. The van der Waals surface area contributed by atoms with E-state index in [9.17, 15) is 14.0 Å². The van der Waals surface area contributed by atoms with Crippen molar-refractivity contribution in [2.45, 2.75) is 51.8 Å². The van der Waals surface area contributed by atoms with Crippen molar-refractivity contribution >= 4 is 17.6 Å². The number of ether oxygens (including phenoxy) is 1. The van der Waals surface area contributed by atoms with Crippen molar-refractivity contribution in [2.75, 3.05) is 18.6 Å².